The van der Waals surface area contributed by atoms with Crippen LogP contribution in [0, 0.1) is 0 Å². The summed E-state index contributed by atoms with van der Waals surface area (Å²) in [5, 5.41) is 14.1. The van der Waals surface area contributed by atoms with Crippen molar-refractivity contribution in [3.63, 3.8) is 0 Å². The summed E-state index contributed by atoms with van der Waals surface area (Å²) in [6.07, 6.45) is -7.41. The molecule has 7 nitrogen and oxygen atoms in total. The van der Waals surface area contributed by atoms with Crippen molar-refractivity contribution in [2.24, 2.45) is 0 Å². The van der Waals surface area contributed by atoms with Gasteiger partial charge >= 0.3 is 12.2 Å². The van der Waals surface area contributed by atoms with Gasteiger partial charge in [-0.25, -0.2) is 0 Å². The quantitative estimate of drug-likeness (QED) is 0.701. The van der Waals surface area contributed by atoms with Crippen molar-refractivity contribution in [1.29, 1.82) is 0 Å². The fourth-order valence-corrected chi connectivity index (χ4v) is 1.24. The smallest absolute Gasteiger partial charge is 0.416 e. The number of ether oxygens (including phenoxy) is 1. The Balaban J connectivity index is 2.82. The third kappa shape index (κ3) is 5.98. The molecule has 0 fully saturated rings. The van der Waals surface area contributed by atoms with E-state index in [-0.39, 0.29) is 24.0 Å². The van der Waals surface area contributed by atoms with Crippen molar-refractivity contribution in [1.82, 2.24) is 15.0 Å². The normalized spacial score (nSPS) is 13.1. The lowest BCUT2D eigenvalue weighted by molar-refractivity contribution is -0.198. The van der Waals surface area contributed by atoms with E-state index in [0.29, 0.717) is 6.54 Å². The van der Waals surface area contributed by atoms with Crippen molar-refractivity contribution in [3.05, 3.63) is 0 Å². The van der Waals surface area contributed by atoms with Crippen molar-refractivity contribution in [2.45, 2.75) is 39.2 Å². The van der Waals surface area contributed by atoms with Crippen LogP contribution in [-0.2, 0) is 0 Å². The topological polar surface area (TPSA) is 92.2 Å². The summed E-state index contributed by atoms with van der Waals surface area (Å²) in [5.41, 5.74) is 0. The summed E-state index contributed by atoms with van der Waals surface area (Å²) in [4.78, 5) is 11.7. The number of rotatable bonds is 7. The second-order valence-electron chi connectivity index (χ2n) is 4.40. The molecule has 0 radical (unpaired) electrons. The van der Waals surface area contributed by atoms with Crippen molar-refractivity contribution >= 4 is 11.9 Å². The van der Waals surface area contributed by atoms with E-state index in [9.17, 15) is 13.2 Å². The number of halogens is 3. The third-order valence-electron chi connectivity index (χ3n) is 2.12. The molecule has 0 spiro atoms. The van der Waals surface area contributed by atoms with Gasteiger partial charge in [0, 0.05) is 6.54 Å². The highest BCUT2D eigenvalue weighted by Crippen LogP contribution is 2.20. The van der Waals surface area contributed by atoms with Gasteiger partial charge < -0.3 is 20.5 Å². The van der Waals surface area contributed by atoms with Gasteiger partial charge in [0.05, 0.1) is 12.6 Å². The van der Waals surface area contributed by atoms with Gasteiger partial charge in [-0.3, -0.25) is 0 Å². The largest absolute Gasteiger partial charge is 0.461 e. The lowest BCUT2D eigenvalue weighted by Gasteiger charge is -2.16. The minimum absolute atomic E-state index is 0.0139. The van der Waals surface area contributed by atoms with E-state index < -0.39 is 18.8 Å². The van der Waals surface area contributed by atoms with Crippen molar-refractivity contribution < 1.29 is 23.0 Å². The molecule has 10 heteroatoms. The molecule has 0 aliphatic carbocycles. The van der Waals surface area contributed by atoms with Crippen LogP contribution in [-0.4, -0.2) is 51.5 Å². The number of aromatic nitrogens is 3. The SMILES string of the molecule is CCNc1nc(NCC(O)C(F)(F)F)nc(OC(C)C)n1. The molecule has 0 aromatic carbocycles. The predicted octanol–water partition coefficient (Wildman–Crippen LogP) is 1.43. The molecule has 1 rings (SSSR count). The van der Waals surface area contributed by atoms with Gasteiger partial charge in [0.1, 0.15) is 0 Å². The van der Waals surface area contributed by atoms with Crippen LogP contribution in [0.15, 0.2) is 0 Å². The Hall–Kier alpha value is -1.84. The predicted molar refractivity (Wildman–Crippen MR) is 70.3 cm³/mol. The molecular weight excluding hydrogens is 291 g/mol. The average Bonchev–Trinajstić information content (AvgIpc) is 2.34. The molecule has 1 heterocycles. The Labute approximate surface area is 120 Å². The Morgan fingerprint density at radius 3 is 2.19 bits per heavy atom. The molecule has 1 atom stereocenters. The van der Waals surface area contributed by atoms with E-state index in [0.717, 1.165) is 0 Å². The summed E-state index contributed by atoms with van der Waals surface area (Å²) in [5.74, 6) is 0.0621. The number of nitrogens with one attached hydrogen (secondary N) is 2. The standard InChI is InChI=1S/C11H18F3N5O2/c1-4-15-8-17-9(16-5-7(20)11(12,13)14)19-10(18-8)21-6(2)3/h6-7,20H,4-5H2,1-3H3,(H2,15,16,17,18,19). The monoisotopic (exact) mass is 309 g/mol. The Bertz CT molecular complexity index is 456. The maximum Gasteiger partial charge on any atom is 0.416 e. The number of aliphatic hydroxyl groups excluding tert-OH is 1. The molecule has 3 N–H and O–H groups in total. The number of hydrogen-bond acceptors (Lipinski definition) is 7. The van der Waals surface area contributed by atoms with Crippen LogP contribution in [0.3, 0.4) is 0 Å². The zero-order chi connectivity index (χ0) is 16.0. The van der Waals surface area contributed by atoms with Crippen LogP contribution >= 0.6 is 0 Å². The van der Waals surface area contributed by atoms with Crippen LogP contribution in [0.4, 0.5) is 25.1 Å². The zero-order valence-electron chi connectivity index (χ0n) is 11.9. The van der Waals surface area contributed by atoms with Crippen LogP contribution in [0.2, 0.25) is 0 Å². The van der Waals surface area contributed by atoms with Crippen LogP contribution < -0.4 is 15.4 Å². The average molecular weight is 309 g/mol. The van der Waals surface area contributed by atoms with Gasteiger partial charge in [-0.05, 0) is 20.8 Å². The first kappa shape index (κ1) is 17.2. The first-order valence-corrected chi connectivity index (χ1v) is 6.37. The maximum atomic E-state index is 12.2. The number of aliphatic hydroxyl groups is 1. The summed E-state index contributed by atoms with van der Waals surface area (Å²) in [6, 6.07) is -0.0139. The van der Waals surface area contributed by atoms with Gasteiger partial charge in [-0.2, -0.15) is 28.1 Å². The molecule has 1 unspecified atom stereocenters. The molecule has 120 valence electrons. The van der Waals surface area contributed by atoms with E-state index in [1.54, 1.807) is 13.8 Å². The lowest BCUT2D eigenvalue weighted by atomic mass is 10.3. The van der Waals surface area contributed by atoms with Crippen molar-refractivity contribution in [3.8, 4) is 6.01 Å². The van der Waals surface area contributed by atoms with Gasteiger partial charge in [-0.15, -0.1) is 0 Å². The number of anilines is 2. The zero-order valence-corrected chi connectivity index (χ0v) is 11.9. The summed E-state index contributed by atoms with van der Waals surface area (Å²) < 4.78 is 42.0. The molecule has 0 bridgehead atoms. The highest BCUT2D eigenvalue weighted by Gasteiger charge is 2.38. The van der Waals surface area contributed by atoms with E-state index in [4.69, 9.17) is 9.84 Å². The molecule has 0 saturated heterocycles. The number of hydrogen-bond donors (Lipinski definition) is 3. The molecule has 21 heavy (non-hydrogen) atoms. The van der Waals surface area contributed by atoms with Gasteiger partial charge in [0.2, 0.25) is 11.9 Å². The molecule has 1 aromatic heterocycles. The molecular formula is C11H18F3N5O2. The third-order valence-corrected chi connectivity index (χ3v) is 2.12. The van der Waals surface area contributed by atoms with E-state index in [2.05, 4.69) is 25.6 Å². The molecule has 0 aliphatic rings. The maximum absolute atomic E-state index is 12.2. The number of alkyl halides is 3. The summed E-state index contributed by atoms with van der Waals surface area (Å²) >= 11 is 0. The van der Waals surface area contributed by atoms with E-state index in [1.807, 2.05) is 6.92 Å². The van der Waals surface area contributed by atoms with Crippen LogP contribution in [0.1, 0.15) is 20.8 Å². The highest BCUT2D eigenvalue weighted by molar-refractivity contribution is 5.35. The van der Waals surface area contributed by atoms with Crippen LogP contribution in [0.25, 0.3) is 0 Å². The molecule has 0 saturated carbocycles. The van der Waals surface area contributed by atoms with Crippen molar-refractivity contribution in [2.75, 3.05) is 23.7 Å². The first-order chi connectivity index (χ1) is 9.72. The highest BCUT2D eigenvalue weighted by atomic mass is 19.4. The first-order valence-electron chi connectivity index (χ1n) is 6.37. The Morgan fingerprint density at radius 1 is 1.14 bits per heavy atom. The van der Waals surface area contributed by atoms with Gasteiger partial charge in [0.25, 0.3) is 0 Å². The second-order valence-corrected chi connectivity index (χ2v) is 4.40. The minimum Gasteiger partial charge on any atom is -0.461 e. The summed E-state index contributed by atoms with van der Waals surface area (Å²) in [7, 11) is 0. The second kappa shape index (κ2) is 7.25. The fraction of sp³-hybridized carbons (Fsp3) is 0.727. The van der Waals surface area contributed by atoms with E-state index >= 15 is 0 Å². The fourth-order valence-electron chi connectivity index (χ4n) is 1.24. The molecule has 0 amide bonds. The van der Waals surface area contributed by atoms with Crippen LogP contribution in [0.5, 0.6) is 6.01 Å². The Morgan fingerprint density at radius 2 is 1.71 bits per heavy atom. The number of nitrogens with zero attached hydrogens (tertiary/aromatic N) is 3. The molecule has 0 aliphatic heterocycles. The van der Waals surface area contributed by atoms with E-state index in [1.165, 1.54) is 0 Å². The summed E-state index contributed by atoms with van der Waals surface area (Å²) in [6.45, 7) is 5.09. The van der Waals surface area contributed by atoms with Gasteiger partial charge in [0.15, 0.2) is 6.10 Å². The molecule has 1 aromatic rings. The Kier molecular flexibility index (Phi) is 5.94. The lowest BCUT2D eigenvalue weighted by Crippen LogP contribution is -2.35. The van der Waals surface area contributed by atoms with Gasteiger partial charge in [-0.1, -0.05) is 0 Å². The minimum atomic E-state index is -4.71.